The fraction of sp³-hybridized carbons (Fsp3) is 0.0588. The molecule has 0 unspecified atom stereocenters. The Bertz CT molecular complexity index is 3240. The van der Waals surface area contributed by atoms with E-state index in [0.717, 1.165) is 11.2 Å². The second kappa shape index (κ2) is 11.0. The lowest BCUT2D eigenvalue weighted by Gasteiger charge is -2.21. The van der Waals surface area contributed by atoms with Crippen molar-refractivity contribution in [3.63, 3.8) is 0 Å². The van der Waals surface area contributed by atoms with Gasteiger partial charge in [0, 0.05) is 62.1 Å². The third-order valence-corrected chi connectivity index (χ3v) is 14.3. The largest absolute Gasteiger partial charge is 0.455 e. The number of rotatable bonds is 3. The van der Waals surface area contributed by atoms with E-state index < -0.39 is 0 Å². The van der Waals surface area contributed by atoms with Crippen LogP contribution in [0.3, 0.4) is 0 Å². The molecule has 8 aromatic carbocycles. The van der Waals surface area contributed by atoms with Gasteiger partial charge in [0.1, 0.15) is 11.2 Å². The van der Waals surface area contributed by atoms with E-state index in [4.69, 9.17) is 4.42 Å². The molecular formula is C51H32OS2. The highest BCUT2D eigenvalue weighted by atomic mass is 32.1. The molecule has 3 heterocycles. The van der Waals surface area contributed by atoms with Gasteiger partial charge in [0.15, 0.2) is 0 Å². The van der Waals surface area contributed by atoms with Crippen LogP contribution in [0.15, 0.2) is 162 Å². The van der Waals surface area contributed by atoms with E-state index in [-0.39, 0.29) is 5.41 Å². The summed E-state index contributed by atoms with van der Waals surface area (Å²) >= 11 is 3.79. The monoisotopic (exact) mass is 724 g/mol. The lowest BCUT2D eigenvalue weighted by molar-refractivity contribution is 0.653. The number of para-hydroxylation sites is 1. The van der Waals surface area contributed by atoms with Gasteiger partial charge in [-0.15, -0.1) is 22.7 Å². The number of hydrogen-bond donors (Lipinski definition) is 0. The summed E-state index contributed by atoms with van der Waals surface area (Å²) < 4.78 is 12.0. The standard InChI is InChI=1S/C51H32OS2/c1-51(2)42-23-21-29(28-41(42)47-43(51)24-22-38-35-11-3-6-18-44(35)52-48(38)47)30-25-31(33-14-9-16-39-36-12-4-7-19-45(36)53-49(33)39)27-32(26-30)34-15-10-17-40-37-13-5-8-20-46(37)54-50(34)40/h3-28H,1-2H3. The zero-order valence-corrected chi connectivity index (χ0v) is 31.4. The van der Waals surface area contributed by atoms with E-state index >= 15 is 0 Å². The van der Waals surface area contributed by atoms with Crippen molar-refractivity contribution in [3.05, 3.63) is 169 Å². The van der Waals surface area contributed by atoms with Gasteiger partial charge in [-0.05, 0) is 92.5 Å². The Kier molecular flexibility index (Phi) is 6.22. The molecule has 0 amide bonds. The molecule has 1 aliphatic rings. The number of thiophene rings is 2. The van der Waals surface area contributed by atoms with Gasteiger partial charge >= 0.3 is 0 Å². The predicted molar refractivity (Wildman–Crippen MR) is 233 cm³/mol. The van der Waals surface area contributed by atoms with Gasteiger partial charge in [0.05, 0.1) is 0 Å². The molecule has 3 aromatic heterocycles. The molecule has 0 fully saturated rings. The quantitative estimate of drug-likeness (QED) is 0.177. The topological polar surface area (TPSA) is 13.1 Å². The van der Waals surface area contributed by atoms with E-state index in [2.05, 4.69) is 172 Å². The number of fused-ring (bicyclic) bond motifs is 13. The fourth-order valence-electron chi connectivity index (χ4n) is 9.25. The molecule has 11 aromatic rings. The molecule has 0 radical (unpaired) electrons. The zero-order chi connectivity index (χ0) is 35.7. The summed E-state index contributed by atoms with van der Waals surface area (Å²) in [5, 5.41) is 7.62. The first-order valence-corrected chi connectivity index (χ1v) is 20.2. The Hall–Kier alpha value is -6.00. The summed E-state index contributed by atoms with van der Waals surface area (Å²) in [7, 11) is 0. The van der Waals surface area contributed by atoms with E-state index in [1.165, 1.54) is 107 Å². The van der Waals surface area contributed by atoms with Crippen molar-refractivity contribution < 1.29 is 4.42 Å². The first kappa shape index (κ1) is 30.5. The molecule has 12 rings (SSSR count). The maximum atomic E-state index is 6.68. The van der Waals surface area contributed by atoms with Gasteiger partial charge in [0.25, 0.3) is 0 Å². The Morgan fingerprint density at radius 2 is 0.963 bits per heavy atom. The molecule has 0 saturated heterocycles. The molecule has 254 valence electrons. The normalized spacial score (nSPS) is 13.5. The van der Waals surface area contributed by atoms with Crippen molar-refractivity contribution in [3.8, 4) is 44.5 Å². The second-order valence-corrected chi connectivity index (χ2v) is 17.3. The average molecular weight is 725 g/mol. The third-order valence-electron chi connectivity index (χ3n) is 11.9. The molecule has 0 spiro atoms. The maximum Gasteiger partial charge on any atom is 0.143 e. The van der Waals surface area contributed by atoms with Crippen LogP contribution in [0.1, 0.15) is 25.0 Å². The summed E-state index contributed by atoms with van der Waals surface area (Å²) in [6, 6.07) is 58.6. The number of hydrogen-bond acceptors (Lipinski definition) is 3. The SMILES string of the molecule is CC1(C)c2ccc(-c3cc(-c4cccc5c4sc4ccccc45)cc(-c4cccc5c4sc4ccccc45)c3)cc2-c2c1ccc1c2oc2ccccc21. The summed E-state index contributed by atoms with van der Waals surface area (Å²) in [5.41, 5.74) is 14.4. The van der Waals surface area contributed by atoms with Crippen molar-refractivity contribution in [2.45, 2.75) is 19.3 Å². The highest BCUT2D eigenvalue weighted by molar-refractivity contribution is 7.26. The molecule has 1 nitrogen and oxygen atoms in total. The minimum atomic E-state index is -0.142. The van der Waals surface area contributed by atoms with Crippen LogP contribution in [0.4, 0.5) is 0 Å². The highest BCUT2D eigenvalue weighted by Gasteiger charge is 2.38. The Balaban J connectivity index is 1.13. The van der Waals surface area contributed by atoms with Crippen LogP contribution in [-0.2, 0) is 5.41 Å². The van der Waals surface area contributed by atoms with E-state index in [0.29, 0.717) is 0 Å². The molecule has 0 saturated carbocycles. The number of furan rings is 1. The smallest absolute Gasteiger partial charge is 0.143 e. The molecule has 0 atom stereocenters. The van der Waals surface area contributed by atoms with Gasteiger partial charge in [-0.3, -0.25) is 0 Å². The van der Waals surface area contributed by atoms with Gasteiger partial charge in [-0.1, -0.05) is 129 Å². The minimum Gasteiger partial charge on any atom is -0.455 e. The molecule has 54 heavy (non-hydrogen) atoms. The van der Waals surface area contributed by atoms with E-state index in [1.807, 2.05) is 22.7 Å². The molecule has 0 aliphatic heterocycles. The average Bonchev–Trinajstić information content (AvgIpc) is 3.95. The second-order valence-electron chi connectivity index (χ2n) is 15.2. The zero-order valence-electron chi connectivity index (χ0n) is 29.7. The van der Waals surface area contributed by atoms with Gasteiger partial charge < -0.3 is 4.42 Å². The predicted octanol–water partition coefficient (Wildman–Crippen LogP) is 15.6. The van der Waals surface area contributed by atoms with Gasteiger partial charge in [0.2, 0.25) is 0 Å². The first-order valence-electron chi connectivity index (χ1n) is 18.6. The van der Waals surface area contributed by atoms with Crippen LogP contribution in [0.2, 0.25) is 0 Å². The molecule has 0 bridgehead atoms. The minimum absolute atomic E-state index is 0.142. The first-order chi connectivity index (χ1) is 26.5. The summed E-state index contributed by atoms with van der Waals surface area (Å²) in [6.45, 7) is 4.70. The van der Waals surface area contributed by atoms with Crippen LogP contribution in [0, 0.1) is 0 Å². The molecular weight excluding hydrogens is 693 g/mol. The fourth-order valence-corrected chi connectivity index (χ4v) is 11.7. The van der Waals surface area contributed by atoms with E-state index in [9.17, 15) is 0 Å². The van der Waals surface area contributed by atoms with Gasteiger partial charge in [-0.2, -0.15) is 0 Å². The Morgan fingerprint density at radius 3 is 1.63 bits per heavy atom. The van der Waals surface area contributed by atoms with Crippen LogP contribution in [-0.4, -0.2) is 0 Å². The van der Waals surface area contributed by atoms with Gasteiger partial charge in [-0.25, -0.2) is 0 Å². The van der Waals surface area contributed by atoms with Crippen molar-refractivity contribution >= 4 is 85.0 Å². The summed E-state index contributed by atoms with van der Waals surface area (Å²) in [5.74, 6) is 0. The van der Waals surface area contributed by atoms with Crippen molar-refractivity contribution in [2.75, 3.05) is 0 Å². The lowest BCUT2D eigenvalue weighted by Crippen LogP contribution is -2.14. The van der Waals surface area contributed by atoms with Crippen molar-refractivity contribution in [2.24, 2.45) is 0 Å². The van der Waals surface area contributed by atoms with Crippen LogP contribution < -0.4 is 0 Å². The van der Waals surface area contributed by atoms with E-state index in [1.54, 1.807) is 0 Å². The maximum absolute atomic E-state index is 6.68. The Morgan fingerprint density at radius 1 is 0.407 bits per heavy atom. The third kappa shape index (κ3) is 4.20. The van der Waals surface area contributed by atoms with Crippen LogP contribution >= 0.6 is 22.7 Å². The molecule has 3 heteroatoms. The van der Waals surface area contributed by atoms with Crippen molar-refractivity contribution in [1.82, 2.24) is 0 Å². The van der Waals surface area contributed by atoms with Crippen LogP contribution in [0.25, 0.3) is 107 Å². The van der Waals surface area contributed by atoms with Crippen molar-refractivity contribution in [1.29, 1.82) is 0 Å². The number of benzene rings is 8. The Labute approximate surface area is 320 Å². The summed E-state index contributed by atoms with van der Waals surface area (Å²) in [4.78, 5) is 0. The summed E-state index contributed by atoms with van der Waals surface area (Å²) in [6.07, 6.45) is 0. The lowest BCUT2D eigenvalue weighted by atomic mass is 9.82. The highest BCUT2D eigenvalue weighted by Crippen LogP contribution is 2.54. The molecule has 0 N–H and O–H groups in total. The molecule has 1 aliphatic carbocycles. The van der Waals surface area contributed by atoms with Crippen LogP contribution in [0.5, 0.6) is 0 Å².